The molecule has 6 nitrogen and oxygen atoms in total. The maximum absolute atomic E-state index is 11.6. The number of nitrogens with one attached hydrogen (secondary N) is 1. The van der Waals surface area contributed by atoms with Crippen LogP contribution >= 0.6 is 0 Å². The normalized spacial score (nSPS) is 15.6. The number of nitrogen functional groups attached to an aromatic ring is 1. The van der Waals surface area contributed by atoms with E-state index < -0.39 is 0 Å². The van der Waals surface area contributed by atoms with E-state index in [-0.39, 0.29) is 5.91 Å². The van der Waals surface area contributed by atoms with E-state index in [1.165, 1.54) is 6.08 Å². The van der Waals surface area contributed by atoms with Gasteiger partial charge in [0.25, 0.3) is 0 Å². The summed E-state index contributed by atoms with van der Waals surface area (Å²) in [6.45, 7) is 7.20. The van der Waals surface area contributed by atoms with Crippen LogP contribution in [0.5, 0.6) is 5.75 Å². The molecule has 21 heavy (non-hydrogen) atoms. The molecule has 1 heterocycles. The Kier molecular flexibility index (Phi) is 4.70. The lowest BCUT2D eigenvalue weighted by Crippen LogP contribution is -2.44. The molecular formula is C15H22N4O2. The molecule has 0 spiro atoms. The summed E-state index contributed by atoms with van der Waals surface area (Å²) in [5.74, 6) is 0.357. The topological polar surface area (TPSA) is 70.8 Å². The number of nitrogens with zero attached hydrogens (tertiary/aromatic N) is 2. The maximum atomic E-state index is 11.6. The first-order valence-corrected chi connectivity index (χ1v) is 6.89. The number of piperazine rings is 1. The molecule has 114 valence electrons. The number of hydrogen-bond acceptors (Lipinski definition) is 5. The Morgan fingerprint density at radius 3 is 2.62 bits per heavy atom. The van der Waals surface area contributed by atoms with Crippen molar-refractivity contribution in [3.05, 3.63) is 24.8 Å². The Bertz CT molecular complexity index is 537. The third-order valence-electron chi connectivity index (χ3n) is 3.64. The predicted octanol–water partition coefficient (Wildman–Crippen LogP) is 1.15. The largest absolute Gasteiger partial charge is 0.495 e. The SMILES string of the molecule is C=CC(=O)Nc1cc(N)c(OC)cc1N1CCN(C)CC1. The molecule has 3 N–H and O–H groups in total. The van der Waals surface area contributed by atoms with Crippen molar-refractivity contribution in [2.24, 2.45) is 0 Å². The number of carbonyl (C=O) groups excluding carboxylic acids is 1. The van der Waals surface area contributed by atoms with Crippen LogP contribution in [0.15, 0.2) is 24.8 Å². The van der Waals surface area contributed by atoms with Crippen molar-refractivity contribution >= 4 is 23.0 Å². The zero-order chi connectivity index (χ0) is 15.4. The van der Waals surface area contributed by atoms with E-state index >= 15 is 0 Å². The summed E-state index contributed by atoms with van der Waals surface area (Å²) in [5.41, 5.74) is 8.04. The maximum Gasteiger partial charge on any atom is 0.247 e. The van der Waals surface area contributed by atoms with Crippen molar-refractivity contribution in [2.45, 2.75) is 0 Å². The van der Waals surface area contributed by atoms with Crippen LogP contribution in [0, 0.1) is 0 Å². The van der Waals surface area contributed by atoms with E-state index in [0.29, 0.717) is 17.1 Å². The average molecular weight is 290 g/mol. The van der Waals surface area contributed by atoms with Crippen molar-refractivity contribution in [1.29, 1.82) is 0 Å². The molecule has 6 heteroatoms. The van der Waals surface area contributed by atoms with Crippen LogP contribution in [0.25, 0.3) is 0 Å². The van der Waals surface area contributed by atoms with Crippen LogP contribution in [0.4, 0.5) is 17.1 Å². The summed E-state index contributed by atoms with van der Waals surface area (Å²) in [4.78, 5) is 16.1. The molecule has 2 rings (SSSR count). The lowest BCUT2D eigenvalue weighted by Gasteiger charge is -2.35. The molecule has 1 saturated heterocycles. The Balaban J connectivity index is 2.35. The molecule has 1 amide bonds. The second-order valence-corrected chi connectivity index (χ2v) is 5.10. The number of rotatable bonds is 4. The number of ether oxygens (including phenoxy) is 1. The monoisotopic (exact) mass is 290 g/mol. The van der Waals surface area contributed by atoms with Gasteiger partial charge in [-0.05, 0) is 19.2 Å². The standard InChI is InChI=1S/C15H22N4O2/c1-4-15(20)17-12-9-11(16)14(21-3)10-13(12)19-7-5-18(2)6-8-19/h4,9-10H,1,5-8,16H2,2-3H3,(H,17,20). The number of likely N-dealkylation sites (N-methyl/N-ethyl adjacent to an activating group) is 1. The van der Waals surface area contributed by atoms with Crippen LogP contribution in [0.3, 0.4) is 0 Å². The van der Waals surface area contributed by atoms with Gasteiger partial charge >= 0.3 is 0 Å². The third kappa shape index (κ3) is 3.46. The van der Waals surface area contributed by atoms with Gasteiger partial charge in [-0.3, -0.25) is 4.79 Å². The van der Waals surface area contributed by atoms with Crippen LogP contribution in [-0.4, -0.2) is 51.1 Å². The highest BCUT2D eigenvalue weighted by molar-refractivity contribution is 6.02. The molecule has 1 aliphatic rings. The molecule has 1 aliphatic heterocycles. The van der Waals surface area contributed by atoms with Gasteiger partial charge in [-0.1, -0.05) is 6.58 Å². The zero-order valence-corrected chi connectivity index (χ0v) is 12.6. The van der Waals surface area contributed by atoms with Crippen LogP contribution in [0.2, 0.25) is 0 Å². The summed E-state index contributed by atoms with van der Waals surface area (Å²) in [6.07, 6.45) is 1.24. The van der Waals surface area contributed by atoms with Gasteiger partial charge < -0.3 is 25.6 Å². The lowest BCUT2D eigenvalue weighted by molar-refractivity contribution is -0.111. The fourth-order valence-electron chi connectivity index (χ4n) is 2.36. The number of benzene rings is 1. The minimum atomic E-state index is -0.255. The van der Waals surface area contributed by atoms with Crippen molar-refractivity contribution in [2.75, 3.05) is 56.3 Å². The van der Waals surface area contributed by atoms with E-state index in [4.69, 9.17) is 10.5 Å². The van der Waals surface area contributed by atoms with E-state index in [9.17, 15) is 4.79 Å². The average Bonchev–Trinajstić information content (AvgIpc) is 2.48. The molecule has 1 fully saturated rings. The van der Waals surface area contributed by atoms with E-state index in [0.717, 1.165) is 31.9 Å². The number of nitrogens with two attached hydrogens (primary N) is 1. The fraction of sp³-hybridized carbons (Fsp3) is 0.400. The molecular weight excluding hydrogens is 268 g/mol. The van der Waals surface area contributed by atoms with Crippen molar-refractivity contribution in [1.82, 2.24) is 4.90 Å². The first kappa shape index (κ1) is 15.2. The number of anilines is 3. The van der Waals surface area contributed by atoms with Gasteiger partial charge in [0.05, 0.1) is 24.2 Å². The van der Waals surface area contributed by atoms with Gasteiger partial charge in [0.1, 0.15) is 5.75 Å². The predicted molar refractivity (Wildman–Crippen MR) is 85.9 cm³/mol. The van der Waals surface area contributed by atoms with E-state index in [2.05, 4.69) is 28.7 Å². The summed E-state index contributed by atoms with van der Waals surface area (Å²) < 4.78 is 5.29. The first-order chi connectivity index (χ1) is 10.0. The second-order valence-electron chi connectivity index (χ2n) is 5.10. The van der Waals surface area contributed by atoms with Crippen molar-refractivity contribution in [3.8, 4) is 5.75 Å². The van der Waals surface area contributed by atoms with E-state index in [1.807, 2.05) is 6.07 Å². The quantitative estimate of drug-likeness (QED) is 0.643. The minimum Gasteiger partial charge on any atom is -0.495 e. The smallest absolute Gasteiger partial charge is 0.247 e. The summed E-state index contributed by atoms with van der Waals surface area (Å²) in [5, 5.41) is 2.81. The van der Waals surface area contributed by atoms with Crippen LogP contribution < -0.4 is 20.7 Å². The van der Waals surface area contributed by atoms with E-state index in [1.54, 1.807) is 13.2 Å². The van der Waals surface area contributed by atoms with Gasteiger partial charge in [-0.2, -0.15) is 0 Å². The molecule has 0 radical (unpaired) electrons. The van der Waals surface area contributed by atoms with Crippen LogP contribution in [0.1, 0.15) is 0 Å². The summed E-state index contributed by atoms with van der Waals surface area (Å²) >= 11 is 0. The second kappa shape index (κ2) is 6.49. The van der Waals surface area contributed by atoms with Gasteiger partial charge in [0, 0.05) is 32.2 Å². The molecule has 0 aromatic heterocycles. The molecule has 0 unspecified atom stereocenters. The highest BCUT2D eigenvalue weighted by Crippen LogP contribution is 2.35. The number of methoxy groups -OCH3 is 1. The molecule has 0 bridgehead atoms. The lowest BCUT2D eigenvalue weighted by atomic mass is 10.1. The van der Waals surface area contributed by atoms with Gasteiger partial charge in [-0.15, -0.1) is 0 Å². The number of hydrogen-bond donors (Lipinski definition) is 2. The summed E-state index contributed by atoms with van der Waals surface area (Å²) in [7, 11) is 3.68. The Hall–Kier alpha value is -2.21. The number of carbonyl (C=O) groups is 1. The number of amides is 1. The Labute approximate surface area is 125 Å². The molecule has 0 atom stereocenters. The molecule has 1 aromatic rings. The van der Waals surface area contributed by atoms with Crippen molar-refractivity contribution < 1.29 is 9.53 Å². The Morgan fingerprint density at radius 2 is 2.05 bits per heavy atom. The van der Waals surface area contributed by atoms with Gasteiger partial charge in [0.15, 0.2) is 0 Å². The molecule has 0 saturated carbocycles. The highest BCUT2D eigenvalue weighted by atomic mass is 16.5. The van der Waals surface area contributed by atoms with Gasteiger partial charge in [-0.25, -0.2) is 0 Å². The van der Waals surface area contributed by atoms with Gasteiger partial charge in [0.2, 0.25) is 5.91 Å². The highest BCUT2D eigenvalue weighted by Gasteiger charge is 2.19. The zero-order valence-electron chi connectivity index (χ0n) is 12.6. The van der Waals surface area contributed by atoms with Crippen LogP contribution in [-0.2, 0) is 4.79 Å². The third-order valence-corrected chi connectivity index (χ3v) is 3.64. The molecule has 0 aliphatic carbocycles. The minimum absolute atomic E-state index is 0.255. The van der Waals surface area contributed by atoms with Crippen molar-refractivity contribution in [3.63, 3.8) is 0 Å². The first-order valence-electron chi connectivity index (χ1n) is 6.89. The Morgan fingerprint density at radius 1 is 1.38 bits per heavy atom. The fourth-order valence-corrected chi connectivity index (χ4v) is 2.36. The molecule has 1 aromatic carbocycles. The summed E-state index contributed by atoms with van der Waals surface area (Å²) in [6, 6.07) is 3.60.